The Morgan fingerprint density at radius 3 is 2.67 bits per heavy atom. The molecule has 2 heterocycles. The highest BCUT2D eigenvalue weighted by Gasteiger charge is 2.16. The molecular formula is C16H23N3O2S3. The van der Waals surface area contributed by atoms with E-state index in [2.05, 4.69) is 21.7 Å². The molecule has 0 atom stereocenters. The molecule has 2 rings (SSSR count). The smallest absolute Gasteiger partial charge is 0.175 e. The number of aryl methyl sites for hydroxylation is 1. The van der Waals surface area contributed by atoms with Gasteiger partial charge >= 0.3 is 0 Å². The van der Waals surface area contributed by atoms with E-state index in [1.54, 1.807) is 30.2 Å². The molecule has 0 spiro atoms. The van der Waals surface area contributed by atoms with E-state index in [9.17, 15) is 4.79 Å². The van der Waals surface area contributed by atoms with Gasteiger partial charge in [-0.2, -0.15) is 0 Å². The van der Waals surface area contributed by atoms with Crippen molar-refractivity contribution in [2.45, 2.75) is 42.4 Å². The highest BCUT2D eigenvalue weighted by Crippen LogP contribution is 2.29. The predicted molar refractivity (Wildman–Crippen MR) is 102 cm³/mol. The molecule has 0 saturated carbocycles. The minimum Gasteiger partial charge on any atom is -0.385 e. The number of ketones is 1. The van der Waals surface area contributed by atoms with Gasteiger partial charge in [0.1, 0.15) is 0 Å². The van der Waals surface area contributed by atoms with Crippen molar-refractivity contribution in [3.8, 4) is 0 Å². The molecule has 0 aliphatic heterocycles. The number of rotatable bonds is 10. The van der Waals surface area contributed by atoms with E-state index in [1.807, 2.05) is 19.9 Å². The van der Waals surface area contributed by atoms with E-state index in [0.29, 0.717) is 5.75 Å². The van der Waals surface area contributed by atoms with E-state index < -0.39 is 0 Å². The second kappa shape index (κ2) is 9.60. The maximum absolute atomic E-state index is 12.6. The molecule has 0 saturated heterocycles. The average molecular weight is 386 g/mol. The number of carbonyl (C=O) groups is 1. The summed E-state index contributed by atoms with van der Waals surface area (Å²) in [6, 6.07) is 1.99. The van der Waals surface area contributed by atoms with Crippen molar-refractivity contribution in [3.63, 3.8) is 0 Å². The molecule has 0 bridgehead atoms. The number of nitrogens with zero attached hydrogens (tertiary/aromatic N) is 3. The molecule has 0 aromatic carbocycles. The monoisotopic (exact) mass is 385 g/mol. The number of carbonyl (C=O) groups excluding carboxylic acids is 1. The first kappa shape index (κ1) is 19.5. The highest BCUT2D eigenvalue weighted by atomic mass is 32.2. The Labute approximate surface area is 155 Å². The van der Waals surface area contributed by atoms with Crippen LogP contribution in [-0.4, -0.2) is 45.8 Å². The summed E-state index contributed by atoms with van der Waals surface area (Å²) in [6.07, 6.45) is 0.942. The molecule has 5 nitrogen and oxygen atoms in total. The molecule has 0 aliphatic rings. The Morgan fingerprint density at radius 1 is 1.29 bits per heavy atom. The van der Waals surface area contributed by atoms with Gasteiger partial charge in [0.15, 0.2) is 14.5 Å². The van der Waals surface area contributed by atoms with Crippen LogP contribution in [-0.2, 0) is 11.3 Å². The maximum atomic E-state index is 12.6. The van der Waals surface area contributed by atoms with Crippen molar-refractivity contribution in [1.82, 2.24) is 14.8 Å². The van der Waals surface area contributed by atoms with Crippen molar-refractivity contribution >= 4 is 40.6 Å². The second-order valence-corrected chi connectivity index (χ2v) is 8.97. The minimum atomic E-state index is 0.144. The zero-order valence-corrected chi connectivity index (χ0v) is 16.9. The first-order valence-corrected chi connectivity index (χ1v) is 10.6. The van der Waals surface area contributed by atoms with Crippen LogP contribution in [0.1, 0.15) is 35.1 Å². The molecule has 0 aliphatic carbocycles. The van der Waals surface area contributed by atoms with E-state index in [0.717, 1.165) is 51.0 Å². The van der Waals surface area contributed by atoms with Crippen LogP contribution < -0.4 is 0 Å². The molecule has 0 fully saturated rings. The predicted octanol–water partition coefficient (Wildman–Crippen LogP) is 4.08. The molecule has 24 heavy (non-hydrogen) atoms. The quantitative estimate of drug-likeness (QED) is 0.349. The van der Waals surface area contributed by atoms with E-state index >= 15 is 0 Å². The number of ether oxygens (including phenoxy) is 1. The fourth-order valence-corrected chi connectivity index (χ4v) is 5.24. The first-order valence-electron chi connectivity index (χ1n) is 7.84. The summed E-state index contributed by atoms with van der Waals surface area (Å²) in [4.78, 5) is 12.6. The molecule has 2 aromatic heterocycles. The number of Topliss-reactive ketones (excluding diaryl/α,β-unsaturated/α-hetero) is 1. The topological polar surface area (TPSA) is 57.0 Å². The molecule has 0 N–H and O–H groups in total. The minimum absolute atomic E-state index is 0.144. The van der Waals surface area contributed by atoms with Crippen LogP contribution >= 0.6 is 34.9 Å². The summed E-state index contributed by atoms with van der Waals surface area (Å²) in [5, 5.41) is 8.25. The molecule has 2 aromatic rings. The largest absolute Gasteiger partial charge is 0.385 e. The fraction of sp³-hybridized carbons (Fsp3) is 0.562. The van der Waals surface area contributed by atoms with Gasteiger partial charge in [-0.05, 0) is 32.1 Å². The summed E-state index contributed by atoms with van der Waals surface area (Å²) in [7, 11) is 1.71. The Balaban J connectivity index is 1.97. The number of thioether (sulfide) groups is 2. The lowest BCUT2D eigenvalue weighted by molar-refractivity contribution is 0.102. The van der Waals surface area contributed by atoms with Gasteiger partial charge in [-0.25, -0.2) is 0 Å². The van der Waals surface area contributed by atoms with E-state index in [4.69, 9.17) is 4.74 Å². The zero-order chi connectivity index (χ0) is 17.5. The molecule has 0 unspecified atom stereocenters. The Morgan fingerprint density at radius 2 is 2.00 bits per heavy atom. The van der Waals surface area contributed by atoms with Gasteiger partial charge < -0.3 is 9.30 Å². The van der Waals surface area contributed by atoms with Crippen molar-refractivity contribution in [2.75, 3.05) is 25.2 Å². The van der Waals surface area contributed by atoms with Crippen LogP contribution in [0.15, 0.2) is 14.7 Å². The van der Waals surface area contributed by atoms with Crippen LogP contribution in [0.2, 0.25) is 0 Å². The number of aromatic nitrogens is 3. The standard InChI is InChI=1S/C16H23N3O2S3/c1-5-22-15-17-18-16(24-15)23-10-14(20)13-9-11(2)19(12(13)3)7-6-8-21-4/h9H,5-8,10H2,1-4H3. The van der Waals surface area contributed by atoms with Gasteiger partial charge in [-0.15, -0.1) is 10.2 Å². The summed E-state index contributed by atoms with van der Waals surface area (Å²) < 4.78 is 9.12. The van der Waals surface area contributed by atoms with Gasteiger partial charge in [-0.1, -0.05) is 41.8 Å². The zero-order valence-electron chi connectivity index (χ0n) is 14.5. The highest BCUT2D eigenvalue weighted by molar-refractivity contribution is 8.03. The number of hydrogen-bond acceptors (Lipinski definition) is 7. The van der Waals surface area contributed by atoms with E-state index in [-0.39, 0.29) is 5.78 Å². The third-order valence-corrected chi connectivity index (χ3v) is 6.66. The lowest BCUT2D eigenvalue weighted by Gasteiger charge is -2.09. The molecule has 0 radical (unpaired) electrons. The lowest BCUT2D eigenvalue weighted by atomic mass is 10.2. The van der Waals surface area contributed by atoms with Crippen LogP contribution in [0.3, 0.4) is 0 Å². The Hall–Kier alpha value is -0.830. The van der Waals surface area contributed by atoms with Gasteiger partial charge in [0.2, 0.25) is 0 Å². The van der Waals surface area contributed by atoms with Gasteiger partial charge in [-0.3, -0.25) is 4.79 Å². The van der Waals surface area contributed by atoms with Crippen LogP contribution in [0.5, 0.6) is 0 Å². The van der Waals surface area contributed by atoms with Gasteiger partial charge in [0.25, 0.3) is 0 Å². The third-order valence-electron chi connectivity index (χ3n) is 3.59. The fourth-order valence-electron chi connectivity index (χ4n) is 2.44. The number of hydrogen-bond donors (Lipinski definition) is 0. The summed E-state index contributed by atoms with van der Waals surface area (Å²) in [6.45, 7) is 7.75. The van der Waals surface area contributed by atoms with Gasteiger partial charge in [0, 0.05) is 37.2 Å². The molecule has 132 valence electrons. The molecule has 8 heteroatoms. The molecular weight excluding hydrogens is 362 g/mol. The van der Waals surface area contributed by atoms with Crippen molar-refractivity contribution < 1.29 is 9.53 Å². The average Bonchev–Trinajstić information content (AvgIpc) is 3.12. The maximum Gasteiger partial charge on any atom is 0.175 e. The van der Waals surface area contributed by atoms with Crippen molar-refractivity contribution in [1.29, 1.82) is 0 Å². The van der Waals surface area contributed by atoms with Crippen LogP contribution in [0.4, 0.5) is 0 Å². The number of methoxy groups -OCH3 is 1. The van der Waals surface area contributed by atoms with Crippen LogP contribution in [0.25, 0.3) is 0 Å². The normalized spacial score (nSPS) is 11.2. The summed E-state index contributed by atoms with van der Waals surface area (Å²) >= 11 is 4.70. The first-order chi connectivity index (χ1) is 11.6. The Bertz CT molecular complexity index is 682. The van der Waals surface area contributed by atoms with Crippen molar-refractivity contribution in [2.24, 2.45) is 0 Å². The van der Waals surface area contributed by atoms with Crippen molar-refractivity contribution in [3.05, 3.63) is 23.0 Å². The second-order valence-electron chi connectivity index (χ2n) is 5.26. The SMILES string of the molecule is CCSc1nnc(SCC(=O)c2cc(C)n(CCCOC)c2C)s1. The molecule has 0 amide bonds. The van der Waals surface area contributed by atoms with E-state index in [1.165, 1.54) is 11.8 Å². The third kappa shape index (κ3) is 5.08. The van der Waals surface area contributed by atoms with Gasteiger partial charge in [0.05, 0.1) is 5.75 Å². The summed E-state index contributed by atoms with van der Waals surface area (Å²) in [5.74, 6) is 1.52. The van der Waals surface area contributed by atoms with Crippen LogP contribution in [0, 0.1) is 13.8 Å². The Kier molecular flexibility index (Phi) is 7.80. The lowest BCUT2D eigenvalue weighted by Crippen LogP contribution is -2.08. The summed E-state index contributed by atoms with van der Waals surface area (Å²) in [5.41, 5.74) is 2.97.